The molecule has 1 aliphatic heterocycles. The van der Waals surface area contributed by atoms with Crippen LogP contribution >= 0.6 is 0 Å². The first kappa shape index (κ1) is 16.5. The normalized spacial score (nSPS) is 21.5. The minimum atomic E-state index is 0.105. The van der Waals surface area contributed by atoms with E-state index in [0.29, 0.717) is 6.04 Å². The standard InChI is InChI=1S/C19H31NO/c1-6-19(7-2)12-18(8-9-21-19)20-13-17-11-15(4)14(3)10-16(17)5/h10-11,18,20H,6-9,12-13H2,1-5H3. The second-order valence-electron chi connectivity index (χ2n) is 6.67. The summed E-state index contributed by atoms with van der Waals surface area (Å²) in [6.45, 7) is 13.0. The van der Waals surface area contributed by atoms with Crippen molar-refractivity contribution in [3.63, 3.8) is 0 Å². The van der Waals surface area contributed by atoms with Crippen LogP contribution in [0.1, 0.15) is 61.8 Å². The van der Waals surface area contributed by atoms with Crippen molar-refractivity contribution in [1.82, 2.24) is 5.32 Å². The summed E-state index contributed by atoms with van der Waals surface area (Å²) in [5, 5.41) is 3.77. The lowest BCUT2D eigenvalue weighted by Gasteiger charge is -2.40. The third kappa shape index (κ3) is 3.87. The SMILES string of the molecule is CCC1(CC)CC(NCc2cc(C)c(C)cc2C)CCO1. The van der Waals surface area contributed by atoms with E-state index in [0.717, 1.165) is 38.8 Å². The Labute approximate surface area is 130 Å². The van der Waals surface area contributed by atoms with Gasteiger partial charge < -0.3 is 10.1 Å². The van der Waals surface area contributed by atoms with Gasteiger partial charge in [-0.3, -0.25) is 0 Å². The summed E-state index contributed by atoms with van der Waals surface area (Å²) < 4.78 is 6.06. The molecule has 1 aromatic rings. The van der Waals surface area contributed by atoms with Gasteiger partial charge in [-0.25, -0.2) is 0 Å². The second kappa shape index (κ2) is 6.93. The molecule has 1 aliphatic rings. The molecule has 1 fully saturated rings. The molecular formula is C19H31NO. The summed E-state index contributed by atoms with van der Waals surface area (Å²) >= 11 is 0. The summed E-state index contributed by atoms with van der Waals surface area (Å²) in [6.07, 6.45) is 4.50. The highest BCUT2D eigenvalue weighted by Crippen LogP contribution is 2.31. The van der Waals surface area contributed by atoms with Crippen LogP contribution in [-0.4, -0.2) is 18.2 Å². The van der Waals surface area contributed by atoms with Crippen molar-refractivity contribution in [3.8, 4) is 0 Å². The molecule has 1 aromatic carbocycles. The highest BCUT2D eigenvalue weighted by atomic mass is 16.5. The second-order valence-corrected chi connectivity index (χ2v) is 6.67. The van der Waals surface area contributed by atoms with Crippen LogP contribution in [0, 0.1) is 20.8 Å². The van der Waals surface area contributed by atoms with Crippen molar-refractivity contribution in [3.05, 3.63) is 34.4 Å². The predicted molar refractivity (Wildman–Crippen MR) is 89.8 cm³/mol. The van der Waals surface area contributed by atoms with E-state index in [-0.39, 0.29) is 5.60 Å². The molecule has 2 nitrogen and oxygen atoms in total. The molecular weight excluding hydrogens is 258 g/mol. The van der Waals surface area contributed by atoms with Crippen molar-refractivity contribution in [1.29, 1.82) is 0 Å². The summed E-state index contributed by atoms with van der Waals surface area (Å²) in [5.41, 5.74) is 5.71. The van der Waals surface area contributed by atoms with Crippen LogP contribution in [-0.2, 0) is 11.3 Å². The van der Waals surface area contributed by atoms with Gasteiger partial charge in [0.1, 0.15) is 0 Å². The van der Waals surface area contributed by atoms with E-state index in [1.165, 1.54) is 22.3 Å². The van der Waals surface area contributed by atoms with Crippen LogP contribution in [0.5, 0.6) is 0 Å². The Hall–Kier alpha value is -0.860. The fraction of sp³-hybridized carbons (Fsp3) is 0.684. The van der Waals surface area contributed by atoms with Gasteiger partial charge in [0, 0.05) is 19.2 Å². The van der Waals surface area contributed by atoms with E-state index in [1.807, 2.05) is 0 Å². The first-order valence-electron chi connectivity index (χ1n) is 8.43. The minimum absolute atomic E-state index is 0.105. The molecule has 0 aliphatic carbocycles. The molecule has 0 radical (unpaired) electrons. The molecule has 0 bridgehead atoms. The molecule has 2 heteroatoms. The smallest absolute Gasteiger partial charge is 0.0692 e. The quantitative estimate of drug-likeness (QED) is 0.865. The summed E-state index contributed by atoms with van der Waals surface area (Å²) in [4.78, 5) is 0. The zero-order valence-electron chi connectivity index (χ0n) is 14.4. The van der Waals surface area contributed by atoms with E-state index in [2.05, 4.69) is 52.1 Å². The van der Waals surface area contributed by atoms with Crippen molar-refractivity contribution in [2.75, 3.05) is 6.61 Å². The summed E-state index contributed by atoms with van der Waals surface area (Å²) in [7, 11) is 0. The predicted octanol–water partition coefficient (Wildman–Crippen LogP) is 4.44. The highest BCUT2D eigenvalue weighted by molar-refractivity contribution is 5.36. The molecule has 2 rings (SSSR count). The average Bonchev–Trinajstić information content (AvgIpc) is 2.49. The lowest BCUT2D eigenvalue weighted by atomic mass is 9.86. The number of aryl methyl sites for hydroxylation is 3. The van der Waals surface area contributed by atoms with Gasteiger partial charge in [-0.1, -0.05) is 26.0 Å². The molecule has 1 atom stereocenters. The number of hydrogen-bond acceptors (Lipinski definition) is 2. The number of nitrogens with one attached hydrogen (secondary N) is 1. The van der Waals surface area contributed by atoms with E-state index in [9.17, 15) is 0 Å². The third-order valence-electron chi connectivity index (χ3n) is 5.32. The van der Waals surface area contributed by atoms with Gasteiger partial charge in [0.2, 0.25) is 0 Å². The fourth-order valence-electron chi connectivity index (χ4n) is 3.41. The van der Waals surface area contributed by atoms with Gasteiger partial charge in [0.25, 0.3) is 0 Å². The van der Waals surface area contributed by atoms with E-state index >= 15 is 0 Å². The maximum Gasteiger partial charge on any atom is 0.0692 e. The van der Waals surface area contributed by atoms with Crippen LogP contribution in [0.3, 0.4) is 0 Å². The zero-order chi connectivity index (χ0) is 15.5. The van der Waals surface area contributed by atoms with Crippen LogP contribution in [0.2, 0.25) is 0 Å². The Morgan fingerprint density at radius 1 is 1.10 bits per heavy atom. The maximum atomic E-state index is 6.06. The first-order valence-corrected chi connectivity index (χ1v) is 8.43. The molecule has 0 spiro atoms. The van der Waals surface area contributed by atoms with Gasteiger partial charge in [-0.05, 0) is 68.7 Å². The molecule has 1 N–H and O–H groups in total. The Balaban J connectivity index is 1.98. The monoisotopic (exact) mass is 289 g/mol. The van der Waals surface area contributed by atoms with Crippen LogP contribution in [0.4, 0.5) is 0 Å². The molecule has 1 unspecified atom stereocenters. The van der Waals surface area contributed by atoms with E-state index in [4.69, 9.17) is 4.74 Å². The Morgan fingerprint density at radius 3 is 2.43 bits per heavy atom. The van der Waals surface area contributed by atoms with Crippen LogP contribution < -0.4 is 5.32 Å². The lowest BCUT2D eigenvalue weighted by molar-refractivity contribution is -0.0932. The molecule has 0 aromatic heterocycles. The van der Waals surface area contributed by atoms with Gasteiger partial charge in [0.15, 0.2) is 0 Å². The van der Waals surface area contributed by atoms with Crippen molar-refractivity contribution < 1.29 is 4.74 Å². The van der Waals surface area contributed by atoms with Crippen molar-refractivity contribution in [2.24, 2.45) is 0 Å². The van der Waals surface area contributed by atoms with Gasteiger partial charge in [0.05, 0.1) is 5.60 Å². The molecule has 0 saturated carbocycles. The van der Waals surface area contributed by atoms with E-state index in [1.54, 1.807) is 0 Å². The topological polar surface area (TPSA) is 21.3 Å². The van der Waals surface area contributed by atoms with Crippen molar-refractivity contribution >= 4 is 0 Å². The number of benzene rings is 1. The lowest BCUT2D eigenvalue weighted by Crippen LogP contribution is -2.46. The average molecular weight is 289 g/mol. The van der Waals surface area contributed by atoms with Gasteiger partial charge >= 0.3 is 0 Å². The Kier molecular flexibility index (Phi) is 5.45. The summed E-state index contributed by atoms with van der Waals surface area (Å²) in [5.74, 6) is 0. The third-order valence-corrected chi connectivity index (χ3v) is 5.32. The fourth-order valence-corrected chi connectivity index (χ4v) is 3.41. The minimum Gasteiger partial charge on any atom is -0.375 e. The highest BCUT2D eigenvalue weighted by Gasteiger charge is 2.34. The largest absolute Gasteiger partial charge is 0.375 e. The Morgan fingerprint density at radius 2 is 1.76 bits per heavy atom. The number of ether oxygens (including phenoxy) is 1. The van der Waals surface area contributed by atoms with Gasteiger partial charge in [-0.15, -0.1) is 0 Å². The Bertz CT molecular complexity index is 477. The molecule has 1 heterocycles. The van der Waals surface area contributed by atoms with Gasteiger partial charge in [-0.2, -0.15) is 0 Å². The number of hydrogen-bond donors (Lipinski definition) is 1. The maximum absolute atomic E-state index is 6.06. The van der Waals surface area contributed by atoms with Crippen LogP contribution in [0.15, 0.2) is 12.1 Å². The van der Waals surface area contributed by atoms with E-state index < -0.39 is 0 Å². The summed E-state index contributed by atoms with van der Waals surface area (Å²) in [6, 6.07) is 5.22. The molecule has 118 valence electrons. The molecule has 0 amide bonds. The van der Waals surface area contributed by atoms with Crippen molar-refractivity contribution in [2.45, 2.75) is 78.5 Å². The van der Waals surface area contributed by atoms with Crippen LogP contribution in [0.25, 0.3) is 0 Å². The first-order chi connectivity index (χ1) is 9.99. The zero-order valence-corrected chi connectivity index (χ0v) is 14.4. The molecule has 21 heavy (non-hydrogen) atoms. The molecule has 1 saturated heterocycles. The number of rotatable bonds is 5.